The van der Waals surface area contributed by atoms with Gasteiger partial charge in [0.05, 0.1) is 6.26 Å². The lowest BCUT2D eigenvalue weighted by Gasteiger charge is -2.34. The third kappa shape index (κ3) is 5.49. The van der Waals surface area contributed by atoms with E-state index in [4.69, 9.17) is 4.42 Å². The molecular formula is C24H33N3O2. The molecule has 0 saturated carbocycles. The molecule has 4 rings (SSSR count). The van der Waals surface area contributed by atoms with Crippen LogP contribution in [0.4, 0.5) is 0 Å². The molecule has 2 saturated heterocycles. The summed E-state index contributed by atoms with van der Waals surface area (Å²) in [4.78, 5) is 19.5. The van der Waals surface area contributed by atoms with Gasteiger partial charge in [-0.15, -0.1) is 0 Å². The van der Waals surface area contributed by atoms with Gasteiger partial charge in [0.15, 0.2) is 0 Å². The number of nitrogens with zero attached hydrogens (tertiary/aromatic N) is 3. The summed E-state index contributed by atoms with van der Waals surface area (Å²) >= 11 is 0. The number of carbonyl (C=O) groups excluding carboxylic acids is 1. The normalized spacial score (nSPS) is 21.4. The lowest BCUT2D eigenvalue weighted by Crippen LogP contribution is -2.47. The monoisotopic (exact) mass is 395 g/mol. The number of piperidine rings is 1. The molecule has 5 nitrogen and oxygen atoms in total. The molecular weight excluding hydrogens is 362 g/mol. The van der Waals surface area contributed by atoms with Crippen molar-refractivity contribution in [2.45, 2.75) is 32.2 Å². The average Bonchev–Trinajstić information content (AvgIpc) is 3.28. The van der Waals surface area contributed by atoms with Gasteiger partial charge in [-0.2, -0.15) is 0 Å². The zero-order valence-electron chi connectivity index (χ0n) is 17.6. The Kier molecular flexibility index (Phi) is 6.67. The van der Waals surface area contributed by atoms with Crippen molar-refractivity contribution in [1.82, 2.24) is 14.7 Å². The summed E-state index contributed by atoms with van der Waals surface area (Å²) in [6, 6.07) is 12.6. The van der Waals surface area contributed by atoms with Gasteiger partial charge in [0.25, 0.3) is 0 Å². The highest BCUT2D eigenvalue weighted by atomic mass is 16.3. The van der Waals surface area contributed by atoms with Crippen LogP contribution in [-0.2, 0) is 11.3 Å². The Morgan fingerprint density at radius 3 is 2.76 bits per heavy atom. The third-order valence-electron chi connectivity index (χ3n) is 6.36. The number of benzene rings is 1. The molecule has 3 heterocycles. The molecule has 1 unspecified atom stereocenters. The van der Waals surface area contributed by atoms with Gasteiger partial charge < -0.3 is 14.2 Å². The molecule has 0 bridgehead atoms. The number of likely N-dealkylation sites (N-methyl/N-ethyl adjacent to an activating group) is 1. The molecule has 29 heavy (non-hydrogen) atoms. The zero-order chi connectivity index (χ0) is 20.1. The summed E-state index contributed by atoms with van der Waals surface area (Å²) in [6.45, 7) is 6.99. The maximum atomic E-state index is 12.6. The van der Waals surface area contributed by atoms with Crippen molar-refractivity contribution in [3.8, 4) is 11.3 Å². The van der Waals surface area contributed by atoms with E-state index in [1.807, 2.05) is 12.1 Å². The van der Waals surface area contributed by atoms with Gasteiger partial charge in [0.2, 0.25) is 5.91 Å². The largest absolute Gasteiger partial charge is 0.464 e. The Hall–Kier alpha value is -2.11. The van der Waals surface area contributed by atoms with Crippen molar-refractivity contribution in [3.63, 3.8) is 0 Å². The van der Waals surface area contributed by atoms with Crippen molar-refractivity contribution < 1.29 is 9.21 Å². The van der Waals surface area contributed by atoms with Gasteiger partial charge in [0, 0.05) is 51.3 Å². The lowest BCUT2D eigenvalue weighted by atomic mass is 9.92. The van der Waals surface area contributed by atoms with Crippen LogP contribution in [-0.4, -0.2) is 66.9 Å². The van der Waals surface area contributed by atoms with Crippen molar-refractivity contribution in [1.29, 1.82) is 0 Å². The fourth-order valence-electron chi connectivity index (χ4n) is 4.60. The van der Waals surface area contributed by atoms with Crippen LogP contribution in [0.2, 0.25) is 0 Å². The second-order valence-electron chi connectivity index (χ2n) is 8.64. The molecule has 1 aromatic carbocycles. The molecule has 0 N–H and O–H groups in total. The molecule has 156 valence electrons. The number of likely N-dealkylation sites (tertiary alicyclic amines) is 1. The molecule has 1 amide bonds. The van der Waals surface area contributed by atoms with Crippen LogP contribution in [0.25, 0.3) is 11.3 Å². The van der Waals surface area contributed by atoms with E-state index in [2.05, 4.69) is 46.0 Å². The Bertz CT molecular complexity index is 781. The van der Waals surface area contributed by atoms with Crippen LogP contribution in [0.1, 0.15) is 31.2 Å². The fourth-order valence-corrected chi connectivity index (χ4v) is 4.60. The average molecular weight is 396 g/mol. The molecule has 1 atom stereocenters. The summed E-state index contributed by atoms with van der Waals surface area (Å²) in [5, 5.41) is 0. The minimum atomic E-state index is 0.348. The molecule has 1 aromatic heterocycles. The Balaban J connectivity index is 1.26. The van der Waals surface area contributed by atoms with E-state index in [9.17, 15) is 4.79 Å². The minimum absolute atomic E-state index is 0.348. The first-order chi connectivity index (χ1) is 14.2. The summed E-state index contributed by atoms with van der Waals surface area (Å²) in [5.74, 6) is 1.90. The van der Waals surface area contributed by atoms with E-state index in [-0.39, 0.29) is 0 Å². The number of amides is 1. The van der Waals surface area contributed by atoms with E-state index in [0.29, 0.717) is 18.2 Å². The van der Waals surface area contributed by atoms with Gasteiger partial charge in [0.1, 0.15) is 5.76 Å². The molecule has 2 fully saturated rings. The number of hydrogen-bond donors (Lipinski definition) is 0. The van der Waals surface area contributed by atoms with Crippen LogP contribution < -0.4 is 0 Å². The van der Waals surface area contributed by atoms with Crippen molar-refractivity contribution >= 4 is 5.91 Å². The Morgan fingerprint density at radius 2 is 1.97 bits per heavy atom. The van der Waals surface area contributed by atoms with E-state index < -0.39 is 0 Å². The number of piperazine rings is 1. The van der Waals surface area contributed by atoms with E-state index in [1.165, 1.54) is 18.4 Å². The Morgan fingerprint density at radius 1 is 1.10 bits per heavy atom. The summed E-state index contributed by atoms with van der Waals surface area (Å²) in [7, 11) is 2.13. The van der Waals surface area contributed by atoms with Crippen LogP contribution in [0.3, 0.4) is 0 Å². The van der Waals surface area contributed by atoms with Crippen LogP contribution >= 0.6 is 0 Å². The topological polar surface area (TPSA) is 39.9 Å². The quantitative estimate of drug-likeness (QED) is 0.748. The highest BCUT2D eigenvalue weighted by Gasteiger charge is 2.23. The van der Waals surface area contributed by atoms with Crippen LogP contribution in [0.15, 0.2) is 47.1 Å². The second kappa shape index (κ2) is 9.59. The first kappa shape index (κ1) is 20.2. The van der Waals surface area contributed by atoms with Gasteiger partial charge in [-0.1, -0.05) is 18.2 Å². The maximum absolute atomic E-state index is 12.6. The van der Waals surface area contributed by atoms with E-state index in [0.717, 1.165) is 63.6 Å². The molecule has 2 aliphatic heterocycles. The number of furan rings is 1. The highest BCUT2D eigenvalue weighted by molar-refractivity contribution is 5.76. The van der Waals surface area contributed by atoms with E-state index >= 15 is 0 Å². The summed E-state index contributed by atoms with van der Waals surface area (Å²) < 4.78 is 5.54. The van der Waals surface area contributed by atoms with Crippen LogP contribution in [0.5, 0.6) is 0 Å². The highest BCUT2D eigenvalue weighted by Crippen LogP contribution is 2.25. The van der Waals surface area contributed by atoms with E-state index in [1.54, 1.807) is 6.26 Å². The zero-order valence-corrected chi connectivity index (χ0v) is 17.6. The first-order valence-corrected chi connectivity index (χ1v) is 11.0. The second-order valence-corrected chi connectivity index (χ2v) is 8.64. The Labute approximate surface area is 174 Å². The first-order valence-electron chi connectivity index (χ1n) is 11.0. The number of hydrogen-bond acceptors (Lipinski definition) is 4. The molecule has 0 spiro atoms. The van der Waals surface area contributed by atoms with Gasteiger partial charge >= 0.3 is 0 Å². The molecule has 5 heteroatoms. The van der Waals surface area contributed by atoms with Crippen molar-refractivity contribution in [3.05, 3.63) is 48.2 Å². The predicted octanol–water partition coefficient (Wildman–Crippen LogP) is 3.71. The van der Waals surface area contributed by atoms with Gasteiger partial charge in [-0.05, 0) is 62.5 Å². The maximum Gasteiger partial charge on any atom is 0.222 e. The van der Waals surface area contributed by atoms with Gasteiger partial charge in [-0.25, -0.2) is 0 Å². The van der Waals surface area contributed by atoms with Crippen molar-refractivity contribution in [2.75, 3.05) is 46.3 Å². The van der Waals surface area contributed by atoms with Crippen molar-refractivity contribution in [2.24, 2.45) is 5.92 Å². The summed E-state index contributed by atoms with van der Waals surface area (Å²) in [5.41, 5.74) is 2.46. The number of carbonyl (C=O) groups is 1. The molecule has 2 aromatic rings. The minimum Gasteiger partial charge on any atom is -0.464 e. The SMILES string of the molecule is CN1CCN(C(=O)CCC2CCCN(Cc3cccc(-c4ccco4)c3)C2)CC1. The smallest absolute Gasteiger partial charge is 0.222 e. The lowest BCUT2D eigenvalue weighted by molar-refractivity contribution is -0.133. The summed E-state index contributed by atoms with van der Waals surface area (Å²) in [6.07, 6.45) is 5.93. The fraction of sp³-hybridized carbons (Fsp3) is 0.542. The predicted molar refractivity (Wildman–Crippen MR) is 115 cm³/mol. The van der Waals surface area contributed by atoms with Crippen LogP contribution in [0, 0.1) is 5.92 Å². The molecule has 0 aliphatic carbocycles. The standard InChI is InChI=1S/C24H33N3O2/c1-25-12-14-27(15-13-25)24(28)10-9-20-6-3-11-26(18-20)19-21-5-2-7-22(17-21)23-8-4-16-29-23/h2,4-5,7-8,16-17,20H,3,6,9-15,18-19H2,1H3. The molecule has 0 radical (unpaired) electrons. The number of rotatable bonds is 6. The third-order valence-corrected chi connectivity index (χ3v) is 6.36. The van der Waals surface area contributed by atoms with Gasteiger partial charge in [-0.3, -0.25) is 9.69 Å². The molecule has 2 aliphatic rings.